The Morgan fingerprint density at radius 3 is 2.50 bits per heavy atom. The normalized spacial score (nSPS) is 21.0. The lowest BCUT2D eigenvalue weighted by molar-refractivity contribution is -0.126. The molecule has 8 heteroatoms. The number of carbonyl (C=O) groups is 1. The number of hydrogen-bond acceptors (Lipinski definition) is 4. The van der Waals surface area contributed by atoms with Crippen LogP contribution in [-0.4, -0.2) is 42.7 Å². The molecular weight excluding hydrogens is 350 g/mol. The Morgan fingerprint density at radius 2 is 1.88 bits per heavy atom. The zero-order valence-electron chi connectivity index (χ0n) is 13.4. The Kier molecular flexibility index (Phi) is 5.42. The van der Waals surface area contributed by atoms with Crippen LogP contribution in [0.1, 0.15) is 38.5 Å². The van der Waals surface area contributed by atoms with Crippen LogP contribution in [0.4, 0.5) is 0 Å². The largest absolute Gasteiger partial charge is 0.353 e. The SMILES string of the molecule is O=C(NC1CCCC1)C1CCN(S(=O)(=O)c2cccnc2Cl)CC1. The molecule has 1 aliphatic heterocycles. The zero-order chi connectivity index (χ0) is 17.2. The van der Waals surface area contributed by atoms with Crippen molar-refractivity contribution in [2.24, 2.45) is 5.92 Å². The molecular formula is C16H22ClN3O3S. The van der Waals surface area contributed by atoms with Crippen molar-refractivity contribution in [3.8, 4) is 0 Å². The van der Waals surface area contributed by atoms with Crippen molar-refractivity contribution in [2.45, 2.75) is 49.5 Å². The van der Waals surface area contributed by atoms with Crippen molar-refractivity contribution in [1.82, 2.24) is 14.6 Å². The Morgan fingerprint density at radius 1 is 1.21 bits per heavy atom. The van der Waals surface area contributed by atoms with E-state index in [0.717, 1.165) is 12.8 Å². The molecule has 6 nitrogen and oxygen atoms in total. The third-order valence-electron chi connectivity index (χ3n) is 4.87. The van der Waals surface area contributed by atoms with Crippen LogP contribution in [0.5, 0.6) is 0 Å². The van der Waals surface area contributed by atoms with Crippen LogP contribution in [0.2, 0.25) is 5.15 Å². The molecule has 2 aliphatic rings. The molecule has 0 atom stereocenters. The van der Waals surface area contributed by atoms with Gasteiger partial charge in [-0.3, -0.25) is 4.79 Å². The second-order valence-corrected chi connectivity index (χ2v) is 8.73. The summed E-state index contributed by atoms with van der Waals surface area (Å²) in [5.41, 5.74) is 0. The second-order valence-electron chi connectivity index (χ2n) is 6.46. The maximum atomic E-state index is 12.7. The first-order chi connectivity index (χ1) is 11.5. The first-order valence-corrected chi connectivity index (χ1v) is 10.2. The van der Waals surface area contributed by atoms with Gasteiger partial charge in [0.25, 0.3) is 0 Å². The van der Waals surface area contributed by atoms with Crippen LogP contribution in [-0.2, 0) is 14.8 Å². The number of pyridine rings is 1. The van der Waals surface area contributed by atoms with Crippen molar-refractivity contribution >= 4 is 27.5 Å². The van der Waals surface area contributed by atoms with Gasteiger partial charge in [0.1, 0.15) is 10.0 Å². The molecule has 3 rings (SSSR count). The van der Waals surface area contributed by atoms with E-state index in [0.29, 0.717) is 32.0 Å². The number of halogens is 1. The molecule has 1 saturated carbocycles. The molecule has 1 aromatic rings. The van der Waals surface area contributed by atoms with Crippen LogP contribution in [0.25, 0.3) is 0 Å². The summed E-state index contributed by atoms with van der Waals surface area (Å²) in [5.74, 6) is -0.0419. The van der Waals surface area contributed by atoms with Crippen molar-refractivity contribution < 1.29 is 13.2 Å². The maximum Gasteiger partial charge on any atom is 0.246 e. The summed E-state index contributed by atoms with van der Waals surface area (Å²) >= 11 is 5.92. The number of aromatic nitrogens is 1. The Bertz CT molecular complexity index is 696. The third kappa shape index (κ3) is 3.73. The summed E-state index contributed by atoms with van der Waals surface area (Å²) in [6.07, 6.45) is 6.99. The molecule has 0 radical (unpaired) electrons. The minimum atomic E-state index is -3.66. The number of rotatable bonds is 4. The summed E-state index contributed by atoms with van der Waals surface area (Å²) in [6, 6.07) is 3.32. The number of nitrogens with one attached hydrogen (secondary N) is 1. The van der Waals surface area contributed by atoms with Gasteiger partial charge in [0.2, 0.25) is 15.9 Å². The standard InChI is InChI=1S/C16H22ClN3O3S/c17-15-14(6-3-9-18-15)24(22,23)20-10-7-12(8-11-20)16(21)19-13-4-1-2-5-13/h3,6,9,12-13H,1-2,4-5,7-8,10-11H2,(H,19,21). The number of nitrogens with zero attached hydrogens (tertiary/aromatic N) is 2. The number of piperidine rings is 1. The highest BCUT2D eigenvalue weighted by molar-refractivity contribution is 7.89. The zero-order valence-corrected chi connectivity index (χ0v) is 15.0. The van der Waals surface area contributed by atoms with Gasteiger partial charge in [-0.05, 0) is 37.8 Å². The third-order valence-corrected chi connectivity index (χ3v) is 7.21. The molecule has 2 fully saturated rings. The average molecular weight is 372 g/mol. The molecule has 1 N–H and O–H groups in total. The van der Waals surface area contributed by atoms with E-state index in [1.165, 1.54) is 29.4 Å². The number of sulfonamides is 1. The first kappa shape index (κ1) is 17.6. The molecule has 1 saturated heterocycles. The molecule has 0 spiro atoms. The van der Waals surface area contributed by atoms with E-state index in [1.807, 2.05) is 0 Å². The monoisotopic (exact) mass is 371 g/mol. The predicted octanol–water partition coefficient (Wildman–Crippen LogP) is 2.19. The Labute approximate surface area is 147 Å². The van der Waals surface area contributed by atoms with E-state index in [2.05, 4.69) is 10.3 Å². The van der Waals surface area contributed by atoms with Gasteiger partial charge in [-0.25, -0.2) is 13.4 Å². The summed E-state index contributed by atoms with van der Waals surface area (Å²) in [4.78, 5) is 16.2. The van der Waals surface area contributed by atoms with Crippen molar-refractivity contribution in [3.63, 3.8) is 0 Å². The van der Waals surface area contributed by atoms with Crippen LogP contribution in [0.15, 0.2) is 23.2 Å². The molecule has 1 amide bonds. The molecule has 1 aromatic heterocycles. The molecule has 2 heterocycles. The topological polar surface area (TPSA) is 79.4 Å². The number of carbonyl (C=O) groups excluding carboxylic acids is 1. The first-order valence-electron chi connectivity index (χ1n) is 8.39. The van der Waals surface area contributed by atoms with Crippen LogP contribution in [0.3, 0.4) is 0 Å². The smallest absolute Gasteiger partial charge is 0.246 e. The van der Waals surface area contributed by atoms with Crippen LogP contribution < -0.4 is 5.32 Å². The van der Waals surface area contributed by atoms with E-state index in [9.17, 15) is 13.2 Å². The Hall–Kier alpha value is -1.18. The summed E-state index contributed by atoms with van der Waals surface area (Å²) in [7, 11) is -3.66. The molecule has 24 heavy (non-hydrogen) atoms. The van der Waals surface area contributed by atoms with Crippen molar-refractivity contribution in [1.29, 1.82) is 0 Å². The van der Waals surface area contributed by atoms with Gasteiger partial charge in [-0.2, -0.15) is 4.31 Å². The van der Waals surface area contributed by atoms with Gasteiger partial charge >= 0.3 is 0 Å². The second kappa shape index (κ2) is 7.37. The summed E-state index contributed by atoms with van der Waals surface area (Å²) in [6.45, 7) is 0.659. The van der Waals surface area contributed by atoms with Gasteiger partial charge in [0, 0.05) is 31.2 Å². The summed E-state index contributed by atoms with van der Waals surface area (Å²) < 4.78 is 26.7. The van der Waals surface area contributed by atoms with Crippen LogP contribution >= 0.6 is 11.6 Å². The minimum Gasteiger partial charge on any atom is -0.353 e. The molecule has 0 unspecified atom stereocenters. The van der Waals surface area contributed by atoms with Gasteiger partial charge < -0.3 is 5.32 Å². The van der Waals surface area contributed by atoms with E-state index in [-0.39, 0.29) is 21.9 Å². The van der Waals surface area contributed by atoms with E-state index >= 15 is 0 Å². The fourth-order valence-corrected chi connectivity index (χ4v) is 5.35. The molecule has 0 aromatic carbocycles. The highest BCUT2D eigenvalue weighted by atomic mass is 35.5. The molecule has 0 bridgehead atoms. The van der Waals surface area contributed by atoms with Gasteiger partial charge in [0.05, 0.1) is 0 Å². The van der Waals surface area contributed by atoms with Gasteiger partial charge in [-0.15, -0.1) is 0 Å². The quantitative estimate of drug-likeness (QED) is 0.823. The highest BCUT2D eigenvalue weighted by Crippen LogP contribution is 2.27. The van der Waals surface area contributed by atoms with Crippen molar-refractivity contribution in [2.75, 3.05) is 13.1 Å². The number of amides is 1. The number of hydrogen-bond donors (Lipinski definition) is 1. The highest BCUT2D eigenvalue weighted by Gasteiger charge is 2.34. The fraction of sp³-hybridized carbons (Fsp3) is 0.625. The van der Waals surface area contributed by atoms with E-state index in [4.69, 9.17) is 11.6 Å². The fourth-order valence-electron chi connectivity index (χ4n) is 3.45. The lowest BCUT2D eigenvalue weighted by Gasteiger charge is -2.31. The minimum absolute atomic E-state index is 0.0152. The summed E-state index contributed by atoms with van der Waals surface area (Å²) in [5, 5.41) is 3.09. The van der Waals surface area contributed by atoms with Gasteiger partial charge in [-0.1, -0.05) is 24.4 Å². The average Bonchev–Trinajstić information content (AvgIpc) is 3.08. The maximum absolute atomic E-state index is 12.7. The van der Waals surface area contributed by atoms with E-state index < -0.39 is 10.0 Å². The van der Waals surface area contributed by atoms with E-state index in [1.54, 1.807) is 6.07 Å². The molecule has 1 aliphatic carbocycles. The molecule has 132 valence electrons. The predicted molar refractivity (Wildman–Crippen MR) is 91.1 cm³/mol. The Balaban J connectivity index is 1.60. The lowest BCUT2D eigenvalue weighted by atomic mass is 9.97. The van der Waals surface area contributed by atoms with Crippen molar-refractivity contribution in [3.05, 3.63) is 23.5 Å². The lowest BCUT2D eigenvalue weighted by Crippen LogP contribution is -2.44. The van der Waals surface area contributed by atoms with Crippen LogP contribution in [0, 0.1) is 5.92 Å². The van der Waals surface area contributed by atoms with Gasteiger partial charge in [0.15, 0.2) is 0 Å².